The summed E-state index contributed by atoms with van der Waals surface area (Å²) in [6, 6.07) is 10.1. The molecule has 0 aliphatic heterocycles. The molecule has 0 bridgehead atoms. The smallest absolute Gasteiger partial charge is 0.202 e. The highest BCUT2D eigenvalue weighted by molar-refractivity contribution is 9.10. The van der Waals surface area contributed by atoms with Crippen LogP contribution in [0.2, 0.25) is 0 Å². The summed E-state index contributed by atoms with van der Waals surface area (Å²) < 4.78 is 8.94. The second kappa shape index (κ2) is 6.91. The number of ketones is 1. The molecule has 0 N–H and O–H groups in total. The highest BCUT2D eigenvalue weighted by Gasteiger charge is 2.23. The van der Waals surface area contributed by atoms with Gasteiger partial charge in [0, 0.05) is 27.5 Å². The maximum absolute atomic E-state index is 12.6. The minimum Gasteiger partial charge on any atom is -0.485 e. The molecule has 1 heterocycles. The van der Waals surface area contributed by atoms with Gasteiger partial charge in [0.2, 0.25) is 5.78 Å². The van der Waals surface area contributed by atoms with Gasteiger partial charge in [-0.15, -0.1) is 0 Å². The van der Waals surface area contributed by atoms with Gasteiger partial charge < -0.3 is 9.30 Å². The fraction of sp³-hybridized carbons (Fsp3) is 0.421. The lowest BCUT2D eigenvalue weighted by Crippen LogP contribution is -2.14. The first-order valence-corrected chi connectivity index (χ1v) is 8.95. The minimum atomic E-state index is 0.0438. The summed E-state index contributed by atoms with van der Waals surface area (Å²) in [6.45, 7) is 4.22. The van der Waals surface area contributed by atoms with Crippen molar-refractivity contribution >= 4 is 21.7 Å². The van der Waals surface area contributed by atoms with Crippen LogP contribution in [0.3, 0.4) is 0 Å². The van der Waals surface area contributed by atoms with Gasteiger partial charge in [-0.3, -0.25) is 4.79 Å². The van der Waals surface area contributed by atoms with E-state index < -0.39 is 0 Å². The lowest BCUT2D eigenvalue weighted by atomic mass is 10.1. The van der Waals surface area contributed by atoms with Crippen LogP contribution in [0.25, 0.3) is 0 Å². The second-order valence-corrected chi connectivity index (χ2v) is 7.18. The Morgan fingerprint density at radius 2 is 2.00 bits per heavy atom. The van der Waals surface area contributed by atoms with Crippen LogP contribution in [0.4, 0.5) is 0 Å². The molecule has 2 aromatic rings. The first-order chi connectivity index (χ1) is 11.1. The van der Waals surface area contributed by atoms with E-state index in [9.17, 15) is 4.79 Å². The number of carbonyl (C=O) groups excluding carboxylic acids is 1. The van der Waals surface area contributed by atoms with Gasteiger partial charge >= 0.3 is 0 Å². The predicted octanol–water partition coefficient (Wildman–Crippen LogP) is 5.24. The lowest BCUT2D eigenvalue weighted by Gasteiger charge is -2.17. The highest BCUT2D eigenvalue weighted by atomic mass is 79.9. The minimum absolute atomic E-state index is 0.0438. The number of ether oxygens (including phenoxy) is 1. The van der Waals surface area contributed by atoms with Crippen LogP contribution in [0, 0.1) is 13.8 Å². The Morgan fingerprint density at radius 1 is 1.26 bits per heavy atom. The van der Waals surface area contributed by atoms with Crippen molar-refractivity contribution in [3.63, 3.8) is 0 Å². The third-order valence-corrected chi connectivity index (χ3v) is 5.13. The van der Waals surface area contributed by atoms with E-state index in [0.717, 1.165) is 15.7 Å². The maximum atomic E-state index is 12.6. The third-order valence-electron chi connectivity index (χ3n) is 4.64. The summed E-state index contributed by atoms with van der Waals surface area (Å²) in [6.07, 6.45) is 5.02. The molecule has 1 aliphatic rings. The number of hydrogen-bond donors (Lipinski definition) is 0. The number of benzene rings is 1. The van der Waals surface area contributed by atoms with E-state index in [1.165, 1.54) is 31.4 Å². The molecule has 3 rings (SSSR count). The number of rotatable bonds is 5. The van der Waals surface area contributed by atoms with Gasteiger partial charge in [-0.05, 0) is 51.0 Å². The number of nitrogens with zero attached hydrogens (tertiary/aromatic N) is 1. The van der Waals surface area contributed by atoms with Crippen LogP contribution < -0.4 is 4.74 Å². The van der Waals surface area contributed by atoms with Crippen molar-refractivity contribution in [3.8, 4) is 5.75 Å². The fourth-order valence-corrected chi connectivity index (χ4v) is 3.95. The van der Waals surface area contributed by atoms with E-state index in [-0.39, 0.29) is 12.4 Å². The largest absolute Gasteiger partial charge is 0.485 e. The zero-order valence-electron chi connectivity index (χ0n) is 13.6. The number of hydrogen-bond acceptors (Lipinski definition) is 2. The van der Waals surface area contributed by atoms with E-state index in [0.29, 0.717) is 11.8 Å². The van der Waals surface area contributed by atoms with Gasteiger partial charge in [0.15, 0.2) is 6.61 Å². The number of halogens is 1. The lowest BCUT2D eigenvalue weighted by molar-refractivity contribution is 0.0920. The molecule has 3 nitrogen and oxygen atoms in total. The molecule has 1 saturated carbocycles. The zero-order valence-corrected chi connectivity index (χ0v) is 15.2. The standard InChI is InChI=1S/C19H22BrNO2/c1-13-10-18(14(2)21(13)16-7-3-4-8-16)19(22)12-23-17-9-5-6-15(20)11-17/h5-6,9-11,16H,3-4,7-8,12H2,1-2H3. The molecule has 0 atom stereocenters. The Bertz CT molecular complexity index is 714. The summed E-state index contributed by atoms with van der Waals surface area (Å²) in [7, 11) is 0. The Balaban J connectivity index is 1.73. The Labute approximate surface area is 145 Å². The summed E-state index contributed by atoms with van der Waals surface area (Å²) >= 11 is 3.41. The van der Waals surface area contributed by atoms with E-state index in [1.54, 1.807) is 0 Å². The molecule has 1 aromatic carbocycles. The van der Waals surface area contributed by atoms with Crippen molar-refractivity contribution in [1.82, 2.24) is 4.57 Å². The van der Waals surface area contributed by atoms with Crippen LogP contribution in [0.5, 0.6) is 5.75 Å². The van der Waals surface area contributed by atoms with Crippen molar-refractivity contribution in [3.05, 3.63) is 51.8 Å². The average Bonchev–Trinajstić information content (AvgIpc) is 3.13. The Kier molecular flexibility index (Phi) is 4.90. The van der Waals surface area contributed by atoms with Crippen LogP contribution in [-0.4, -0.2) is 17.0 Å². The number of aromatic nitrogens is 1. The predicted molar refractivity (Wildman–Crippen MR) is 95.4 cm³/mol. The molecule has 1 aromatic heterocycles. The summed E-state index contributed by atoms with van der Waals surface area (Å²) in [5.41, 5.74) is 3.06. The molecular formula is C19H22BrNO2. The van der Waals surface area contributed by atoms with Crippen molar-refractivity contribution < 1.29 is 9.53 Å². The van der Waals surface area contributed by atoms with Crippen molar-refractivity contribution in [2.45, 2.75) is 45.6 Å². The van der Waals surface area contributed by atoms with Gasteiger partial charge in [-0.2, -0.15) is 0 Å². The maximum Gasteiger partial charge on any atom is 0.202 e. The summed E-state index contributed by atoms with van der Waals surface area (Å²) in [5.74, 6) is 0.750. The van der Waals surface area contributed by atoms with E-state index in [2.05, 4.69) is 34.3 Å². The van der Waals surface area contributed by atoms with Crippen LogP contribution >= 0.6 is 15.9 Å². The number of Topliss-reactive ketones (excluding diaryl/α,β-unsaturated/α-hetero) is 1. The van der Waals surface area contributed by atoms with Crippen LogP contribution in [0.15, 0.2) is 34.8 Å². The molecule has 4 heteroatoms. The Hall–Kier alpha value is -1.55. The SMILES string of the molecule is Cc1cc(C(=O)COc2cccc(Br)c2)c(C)n1C1CCCC1. The molecular weight excluding hydrogens is 354 g/mol. The van der Waals surface area contributed by atoms with E-state index in [4.69, 9.17) is 4.74 Å². The normalized spacial score (nSPS) is 15.1. The Morgan fingerprint density at radius 3 is 2.70 bits per heavy atom. The van der Waals surface area contributed by atoms with Gasteiger partial charge in [-0.25, -0.2) is 0 Å². The number of aryl methyl sites for hydroxylation is 1. The van der Waals surface area contributed by atoms with Crippen molar-refractivity contribution in [2.24, 2.45) is 0 Å². The van der Waals surface area contributed by atoms with Gasteiger partial charge in [0.25, 0.3) is 0 Å². The quantitative estimate of drug-likeness (QED) is 0.668. The van der Waals surface area contributed by atoms with Gasteiger partial charge in [0.05, 0.1) is 0 Å². The molecule has 0 saturated heterocycles. The highest BCUT2D eigenvalue weighted by Crippen LogP contribution is 2.33. The zero-order chi connectivity index (χ0) is 16.4. The van der Waals surface area contributed by atoms with Crippen LogP contribution in [0.1, 0.15) is 53.5 Å². The molecule has 0 radical (unpaired) electrons. The molecule has 23 heavy (non-hydrogen) atoms. The van der Waals surface area contributed by atoms with Gasteiger partial charge in [0.1, 0.15) is 5.75 Å². The summed E-state index contributed by atoms with van der Waals surface area (Å²) in [5, 5.41) is 0. The van der Waals surface area contributed by atoms with E-state index in [1.807, 2.05) is 30.3 Å². The van der Waals surface area contributed by atoms with Gasteiger partial charge in [-0.1, -0.05) is 34.8 Å². The number of carbonyl (C=O) groups is 1. The summed E-state index contributed by atoms with van der Waals surface area (Å²) in [4.78, 5) is 12.6. The van der Waals surface area contributed by atoms with Crippen molar-refractivity contribution in [1.29, 1.82) is 0 Å². The first kappa shape index (κ1) is 16.3. The fourth-order valence-electron chi connectivity index (χ4n) is 3.57. The van der Waals surface area contributed by atoms with Crippen molar-refractivity contribution in [2.75, 3.05) is 6.61 Å². The monoisotopic (exact) mass is 375 g/mol. The average molecular weight is 376 g/mol. The third kappa shape index (κ3) is 3.52. The molecule has 1 aliphatic carbocycles. The van der Waals surface area contributed by atoms with E-state index >= 15 is 0 Å². The molecule has 0 unspecified atom stereocenters. The molecule has 122 valence electrons. The molecule has 1 fully saturated rings. The van der Waals surface area contributed by atoms with Crippen LogP contribution in [-0.2, 0) is 0 Å². The topological polar surface area (TPSA) is 31.2 Å². The first-order valence-electron chi connectivity index (χ1n) is 8.16. The second-order valence-electron chi connectivity index (χ2n) is 6.26. The molecule has 0 amide bonds. The molecule has 0 spiro atoms.